The third-order valence-corrected chi connectivity index (χ3v) is 4.06. The maximum atomic E-state index is 5.43. The van der Waals surface area contributed by atoms with Gasteiger partial charge in [-0.3, -0.25) is 0 Å². The Hall–Kier alpha value is -0.0800. The number of hydrogen-bond acceptors (Lipinski definition) is 2. The summed E-state index contributed by atoms with van der Waals surface area (Å²) in [6.07, 6.45) is 6.85. The van der Waals surface area contributed by atoms with Gasteiger partial charge < -0.3 is 10.1 Å². The lowest BCUT2D eigenvalue weighted by Gasteiger charge is -2.36. The minimum Gasteiger partial charge on any atom is -0.380 e. The van der Waals surface area contributed by atoms with E-state index in [-0.39, 0.29) is 0 Å². The molecule has 3 atom stereocenters. The molecule has 0 aromatic rings. The first-order valence-electron chi connectivity index (χ1n) is 6.61. The zero-order valence-corrected chi connectivity index (χ0v) is 10.2. The molecule has 1 aliphatic carbocycles. The largest absolute Gasteiger partial charge is 0.380 e. The Morgan fingerprint density at radius 1 is 1.13 bits per heavy atom. The third kappa shape index (κ3) is 2.94. The number of rotatable bonds is 3. The van der Waals surface area contributed by atoms with Gasteiger partial charge in [0.05, 0.1) is 6.61 Å². The fourth-order valence-corrected chi connectivity index (χ4v) is 3.13. The predicted octanol–water partition coefficient (Wildman–Crippen LogP) is 2.58. The van der Waals surface area contributed by atoms with Crippen molar-refractivity contribution in [3.63, 3.8) is 0 Å². The first kappa shape index (κ1) is 11.4. The fraction of sp³-hybridized carbons (Fsp3) is 1.00. The summed E-state index contributed by atoms with van der Waals surface area (Å²) in [7, 11) is 0. The fourth-order valence-electron chi connectivity index (χ4n) is 3.13. The minimum absolute atomic E-state index is 0.634. The van der Waals surface area contributed by atoms with Crippen molar-refractivity contribution < 1.29 is 4.74 Å². The van der Waals surface area contributed by atoms with E-state index >= 15 is 0 Å². The van der Waals surface area contributed by atoms with Gasteiger partial charge in [0.2, 0.25) is 0 Å². The van der Waals surface area contributed by atoms with Gasteiger partial charge in [0.25, 0.3) is 0 Å². The topological polar surface area (TPSA) is 21.3 Å². The van der Waals surface area contributed by atoms with Crippen molar-refractivity contribution in [2.24, 2.45) is 11.8 Å². The van der Waals surface area contributed by atoms with Crippen LogP contribution in [-0.4, -0.2) is 25.3 Å². The van der Waals surface area contributed by atoms with Crippen LogP contribution in [0.2, 0.25) is 0 Å². The molecule has 0 amide bonds. The van der Waals surface area contributed by atoms with E-state index in [4.69, 9.17) is 4.74 Å². The van der Waals surface area contributed by atoms with Gasteiger partial charge in [0, 0.05) is 18.7 Å². The van der Waals surface area contributed by atoms with Gasteiger partial charge in [-0.2, -0.15) is 0 Å². The molecule has 1 saturated heterocycles. The molecule has 15 heavy (non-hydrogen) atoms. The molecule has 1 heterocycles. The van der Waals surface area contributed by atoms with Crippen LogP contribution in [0.25, 0.3) is 0 Å². The van der Waals surface area contributed by atoms with Crippen molar-refractivity contribution >= 4 is 0 Å². The van der Waals surface area contributed by atoms with Gasteiger partial charge in [-0.1, -0.05) is 26.7 Å². The summed E-state index contributed by atoms with van der Waals surface area (Å²) in [6.45, 7) is 6.63. The Morgan fingerprint density at radius 3 is 2.60 bits per heavy atom. The van der Waals surface area contributed by atoms with Crippen LogP contribution in [0.1, 0.15) is 46.0 Å². The van der Waals surface area contributed by atoms with Gasteiger partial charge in [-0.15, -0.1) is 0 Å². The molecule has 2 nitrogen and oxygen atoms in total. The maximum absolute atomic E-state index is 5.43. The first-order chi connectivity index (χ1) is 7.27. The quantitative estimate of drug-likeness (QED) is 0.774. The van der Waals surface area contributed by atoms with Crippen LogP contribution < -0.4 is 5.32 Å². The van der Waals surface area contributed by atoms with Gasteiger partial charge in [0.15, 0.2) is 0 Å². The summed E-state index contributed by atoms with van der Waals surface area (Å²) in [5.74, 6) is 1.71. The van der Waals surface area contributed by atoms with Crippen molar-refractivity contribution in [1.82, 2.24) is 5.32 Å². The molecule has 2 aliphatic rings. The molecule has 3 unspecified atom stereocenters. The van der Waals surface area contributed by atoms with Crippen molar-refractivity contribution in [3.8, 4) is 0 Å². The monoisotopic (exact) mass is 211 g/mol. The summed E-state index contributed by atoms with van der Waals surface area (Å²) < 4.78 is 5.43. The molecule has 0 aromatic carbocycles. The normalized spacial score (nSPS) is 37.4. The van der Waals surface area contributed by atoms with Crippen LogP contribution in [0.4, 0.5) is 0 Å². The van der Waals surface area contributed by atoms with Crippen LogP contribution in [0, 0.1) is 11.8 Å². The summed E-state index contributed by atoms with van der Waals surface area (Å²) in [6, 6.07) is 1.39. The molecule has 1 aliphatic heterocycles. The molecule has 1 saturated carbocycles. The maximum Gasteiger partial charge on any atom is 0.0620 e. The number of hydrogen-bond donors (Lipinski definition) is 1. The molecule has 0 aromatic heterocycles. The summed E-state index contributed by atoms with van der Waals surface area (Å²) in [4.78, 5) is 0. The molecule has 2 fully saturated rings. The number of nitrogens with one attached hydrogen (secondary N) is 1. The van der Waals surface area contributed by atoms with Crippen molar-refractivity contribution in [2.45, 2.75) is 58.0 Å². The molecule has 0 radical (unpaired) electrons. The smallest absolute Gasteiger partial charge is 0.0620 e. The van der Waals surface area contributed by atoms with Gasteiger partial charge in [-0.25, -0.2) is 0 Å². The summed E-state index contributed by atoms with van der Waals surface area (Å²) >= 11 is 0. The van der Waals surface area contributed by atoms with Crippen LogP contribution in [0.15, 0.2) is 0 Å². The first-order valence-corrected chi connectivity index (χ1v) is 6.61. The zero-order valence-electron chi connectivity index (χ0n) is 10.2. The van der Waals surface area contributed by atoms with E-state index in [1.54, 1.807) is 0 Å². The summed E-state index contributed by atoms with van der Waals surface area (Å²) in [5.41, 5.74) is 0. The lowest BCUT2D eigenvalue weighted by Crippen LogP contribution is -2.46. The van der Waals surface area contributed by atoms with E-state index in [2.05, 4.69) is 19.2 Å². The predicted molar refractivity (Wildman–Crippen MR) is 62.9 cm³/mol. The van der Waals surface area contributed by atoms with E-state index in [1.165, 1.54) is 32.1 Å². The SMILES string of the molecule is CC(C)C1CCCCC1NC1CCOC1. The van der Waals surface area contributed by atoms with Crippen LogP contribution in [0.3, 0.4) is 0 Å². The molecule has 2 rings (SSSR count). The van der Waals surface area contributed by atoms with Gasteiger partial charge >= 0.3 is 0 Å². The van der Waals surface area contributed by atoms with E-state index < -0.39 is 0 Å². The van der Waals surface area contributed by atoms with Crippen LogP contribution >= 0.6 is 0 Å². The van der Waals surface area contributed by atoms with E-state index in [0.717, 1.165) is 31.1 Å². The highest BCUT2D eigenvalue weighted by Gasteiger charge is 2.29. The molecule has 88 valence electrons. The van der Waals surface area contributed by atoms with Crippen molar-refractivity contribution in [2.75, 3.05) is 13.2 Å². The lowest BCUT2D eigenvalue weighted by atomic mass is 9.77. The zero-order chi connectivity index (χ0) is 10.7. The highest BCUT2D eigenvalue weighted by molar-refractivity contribution is 4.86. The Bertz CT molecular complexity index is 187. The highest BCUT2D eigenvalue weighted by atomic mass is 16.5. The summed E-state index contributed by atoms with van der Waals surface area (Å²) in [5, 5.41) is 3.82. The Labute approximate surface area is 93.8 Å². The Morgan fingerprint density at radius 2 is 1.93 bits per heavy atom. The average molecular weight is 211 g/mol. The molecular formula is C13H25NO. The van der Waals surface area contributed by atoms with Crippen molar-refractivity contribution in [3.05, 3.63) is 0 Å². The molecule has 1 N–H and O–H groups in total. The molecule has 0 spiro atoms. The Kier molecular flexibility index (Phi) is 4.04. The van der Waals surface area contributed by atoms with Crippen LogP contribution in [-0.2, 0) is 4.74 Å². The molecular weight excluding hydrogens is 186 g/mol. The van der Waals surface area contributed by atoms with Crippen LogP contribution in [0.5, 0.6) is 0 Å². The second kappa shape index (κ2) is 5.31. The molecule has 0 bridgehead atoms. The van der Waals surface area contributed by atoms with Crippen molar-refractivity contribution in [1.29, 1.82) is 0 Å². The molecule has 2 heteroatoms. The third-order valence-electron chi connectivity index (χ3n) is 4.06. The Balaban J connectivity index is 1.86. The average Bonchev–Trinajstić information content (AvgIpc) is 2.71. The van der Waals surface area contributed by atoms with Gasteiger partial charge in [-0.05, 0) is 31.1 Å². The standard InChI is InChI=1S/C13H25NO/c1-10(2)12-5-3-4-6-13(12)14-11-7-8-15-9-11/h10-14H,3-9H2,1-2H3. The van der Waals surface area contributed by atoms with E-state index in [0.29, 0.717) is 6.04 Å². The van der Waals surface area contributed by atoms with Gasteiger partial charge in [0.1, 0.15) is 0 Å². The number of ether oxygens (including phenoxy) is 1. The lowest BCUT2D eigenvalue weighted by molar-refractivity contribution is 0.165. The second-order valence-corrected chi connectivity index (χ2v) is 5.53. The van der Waals surface area contributed by atoms with E-state index in [1.807, 2.05) is 0 Å². The highest BCUT2D eigenvalue weighted by Crippen LogP contribution is 2.30. The minimum atomic E-state index is 0.634. The second-order valence-electron chi connectivity index (χ2n) is 5.53. The van der Waals surface area contributed by atoms with E-state index in [9.17, 15) is 0 Å².